The highest BCUT2D eigenvalue weighted by Crippen LogP contribution is 2.50. The van der Waals surface area contributed by atoms with E-state index < -0.39 is 39.5 Å². The number of imide groups is 1. The number of hydrogen-bond donors (Lipinski definition) is 1. The lowest BCUT2D eigenvalue weighted by Gasteiger charge is -2.41. The molecule has 2 aliphatic heterocycles. The van der Waals surface area contributed by atoms with Crippen LogP contribution in [0.3, 0.4) is 0 Å². The maximum Gasteiger partial charge on any atom is 0.325 e. The highest BCUT2D eigenvalue weighted by atomic mass is 19.1. The molecule has 1 unspecified atom stereocenters. The zero-order valence-electron chi connectivity index (χ0n) is 16.2. The van der Waals surface area contributed by atoms with Gasteiger partial charge in [0.25, 0.3) is 5.91 Å². The number of hydrogen-bond acceptors (Lipinski definition) is 6. The second-order valence-electron chi connectivity index (χ2n) is 8.05. The molecule has 0 aliphatic carbocycles. The Morgan fingerprint density at radius 2 is 2.04 bits per heavy atom. The maximum absolute atomic E-state index is 14.2. The van der Waals surface area contributed by atoms with Crippen LogP contribution in [0.25, 0.3) is 0 Å². The predicted octanol–water partition coefficient (Wildman–Crippen LogP) is 1.99. The standard InChI is InChI=1S/C18H23FN4O5/c1-17(2)10-18(12-8-11(19)9-13(23(26)27)14(12)28-17)15(24)22(16(25)20-18)7-5-6-21(3)4/h8-9H,5-7,10H2,1-4H3,(H,20,25). The van der Waals surface area contributed by atoms with Crippen molar-refractivity contribution in [3.05, 3.63) is 33.6 Å². The minimum atomic E-state index is -1.60. The van der Waals surface area contributed by atoms with E-state index in [9.17, 15) is 24.1 Å². The fourth-order valence-electron chi connectivity index (χ4n) is 3.86. The average Bonchev–Trinajstić information content (AvgIpc) is 2.78. The van der Waals surface area contributed by atoms with Crippen LogP contribution in [0, 0.1) is 15.9 Å². The number of carbonyl (C=O) groups is 2. The van der Waals surface area contributed by atoms with Gasteiger partial charge in [-0.2, -0.15) is 0 Å². The molecule has 0 saturated carbocycles. The zero-order valence-corrected chi connectivity index (χ0v) is 16.2. The van der Waals surface area contributed by atoms with E-state index in [1.165, 1.54) is 0 Å². The lowest BCUT2D eigenvalue weighted by molar-refractivity contribution is -0.386. The highest BCUT2D eigenvalue weighted by Gasteiger charge is 2.59. The van der Waals surface area contributed by atoms with E-state index in [1.807, 2.05) is 19.0 Å². The lowest BCUT2D eigenvalue weighted by Crippen LogP contribution is -2.54. The molecule has 3 amide bonds. The van der Waals surface area contributed by atoms with Crippen LogP contribution in [0.1, 0.15) is 32.3 Å². The Hall–Kier alpha value is -2.75. The molecular formula is C18H23FN4O5. The number of nitro benzene ring substituents is 1. The van der Waals surface area contributed by atoms with Gasteiger partial charge in [-0.25, -0.2) is 9.18 Å². The molecule has 3 rings (SSSR count). The van der Waals surface area contributed by atoms with Crippen LogP contribution in [0.2, 0.25) is 0 Å². The third-order valence-electron chi connectivity index (χ3n) is 4.92. The number of benzene rings is 1. The van der Waals surface area contributed by atoms with Crippen LogP contribution < -0.4 is 10.1 Å². The predicted molar refractivity (Wildman–Crippen MR) is 97.5 cm³/mol. The topological polar surface area (TPSA) is 105 Å². The first-order valence-corrected chi connectivity index (χ1v) is 8.93. The van der Waals surface area contributed by atoms with Crippen LogP contribution in [0.15, 0.2) is 12.1 Å². The van der Waals surface area contributed by atoms with Crippen molar-refractivity contribution in [2.24, 2.45) is 0 Å². The van der Waals surface area contributed by atoms with Gasteiger partial charge in [0.05, 0.1) is 11.0 Å². The first kappa shape index (κ1) is 20.0. The smallest absolute Gasteiger partial charge is 0.325 e. The van der Waals surface area contributed by atoms with Crippen molar-refractivity contribution in [2.75, 3.05) is 27.2 Å². The molecule has 1 atom stereocenters. The normalized spacial score (nSPS) is 23.0. The van der Waals surface area contributed by atoms with Gasteiger partial charge in [-0.3, -0.25) is 19.8 Å². The summed E-state index contributed by atoms with van der Waals surface area (Å²) in [6, 6.07) is 1.18. The first-order chi connectivity index (χ1) is 13.0. The van der Waals surface area contributed by atoms with Crippen molar-refractivity contribution >= 4 is 17.6 Å². The van der Waals surface area contributed by atoms with E-state index in [2.05, 4.69) is 5.32 Å². The molecular weight excluding hydrogens is 371 g/mol. The molecule has 1 N–H and O–H groups in total. The van der Waals surface area contributed by atoms with Gasteiger partial charge in [0.1, 0.15) is 11.4 Å². The number of ether oxygens (including phenoxy) is 1. The Kier molecular flexibility index (Phi) is 4.78. The maximum atomic E-state index is 14.2. The summed E-state index contributed by atoms with van der Waals surface area (Å²) in [5, 5.41) is 14.1. The quantitative estimate of drug-likeness (QED) is 0.465. The fraction of sp³-hybridized carbons (Fsp3) is 0.556. The van der Waals surface area contributed by atoms with Crippen LogP contribution in [0.5, 0.6) is 5.75 Å². The molecule has 1 spiro atoms. The van der Waals surface area contributed by atoms with Gasteiger partial charge in [0.15, 0.2) is 5.54 Å². The molecule has 10 heteroatoms. The van der Waals surface area contributed by atoms with Crippen molar-refractivity contribution in [3.63, 3.8) is 0 Å². The SMILES string of the molecule is CN(C)CCCN1C(=O)NC2(CC(C)(C)Oc3c([N+](=O)[O-])cc(F)cc32)C1=O. The molecule has 2 heterocycles. The number of amides is 3. The van der Waals surface area contributed by atoms with Gasteiger partial charge >= 0.3 is 11.7 Å². The molecule has 9 nitrogen and oxygen atoms in total. The number of urea groups is 1. The summed E-state index contributed by atoms with van der Waals surface area (Å²) in [5.74, 6) is -1.61. The minimum Gasteiger partial charge on any atom is -0.480 e. The second-order valence-corrected chi connectivity index (χ2v) is 8.05. The second kappa shape index (κ2) is 6.69. The van der Waals surface area contributed by atoms with Gasteiger partial charge in [-0.1, -0.05) is 0 Å². The molecule has 0 radical (unpaired) electrons. The summed E-state index contributed by atoms with van der Waals surface area (Å²) >= 11 is 0. The van der Waals surface area contributed by atoms with E-state index in [0.717, 1.165) is 17.0 Å². The largest absolute Gasteiger partial charge is 0.480 e. The molecule has 1 aromatic carbocycles. The average molecular weight is 394 g/mol. The van der Waals surface area contributed by atoms with E-state index >= 15 is 0 Å². The van der Waals surface area contributed by atoms with E-state index in [4.69, 9.17) is 4.74 Å². The Bertz CT molecular complexity index is 857. The Balaban J connectivity index is 2.08. The van der Waals surface area contributed by atoms with E-state index in [1.54, 1.807) is 13.8 Å². The van der Waals surface area contributed by atoms with Gasteiger partial charge < -0.3 is 15.0 Å². The number of nitrogens with zero attached hydrogens (tertiary/aromatic N) is 3. The zero-order chi connectivity index (χ0) is 20.9. The number of carbonyl (C=O) groups excluding carboxylic acids is 2. The van der Waals surface area contributed by atoms with Crippen molar-refractivity contribution in [2.45, 2.75) is 37.8 Å². The Morgan fingerprint density at radius 1 is 1.36 bits per heavy atom. The summed E-state index contributed by atoms with van der Waals surface area (Å²) in [6.45, 7) is 4.20. The summed E-state index contributed by atoms with van der Waals surface area (Å²) in [4.78, 5) is 39.6. The Labute approximate surface area is 161 Å². The van der Waals surface area contributed by atoms with Crippen LogP contribution in [0.4, 0.5) is 14.9 Å². The molecule has 28 heavy (non-hydrogen) atoms. The van der Waals surface area contributed by atoms with Crippen molar-refractivity contribution in [1.29, 1.82) is 0 Å². The first-order valence-electron chi connectivity index (χ1n) is 8.93. The monoisotopic (exact) mass is 394 g/mol. The molecule has 0 aromatic heterocycles. The molecule has 1 fully saturated rings. The van der Waals surface area contributed by atoms with E-state index in [0.29, 0.717) is 13.0 Å². The molecule has 1 aromatic rings. The summed E-state index contributed by atoms with van der Waals surface area (Å²) < 4.78 is 19.9. The lowest BCUT2D eigenvalue weighted by atomic mass is 9.77. The van der Waals surface area contributed by atoms with Crippen molar-refractivity contribution in [1.82, 2.24) is 15.1 Å². The van der Waals surface area contributed by atoms with E-state index in [-0.39, 0.29) is 24.3 Å². The number of nitro groups is 1. The molecule has 0 bridgehead atoms. The number of halogens is 1. The van der Waals surface area contributed by atoms with Crippen molar-refractivity contribution < 1.29 is 23.6 Å². The van der Waals surface area contributed by atoms with Crippen molar-refractivity contribution in [3.8, 4) is 5.75 Å². The molecule has 152 valence electrons. The van der Waals surface area contributed by atoms with Crippen LogP contribution >= 0.6 is 0 Å². The van der Waals surface area contributed by atoms with Gasteiger partial charge in [0.2, 0.25) is 5.75 Å². The van der Waals surface area contributed by atoms with Crippen LogP contribution in [-0.2, 0) is 10.3 Å². The summed E-state index contributed by atoms with van der Waals surface area (Å²) in [6.07, 6.45) is 0.598. The van der Waals surface area contributed by atoms with Gasteiger partial charge in [-0.15, -0.1) is 0 Å². The number of fused-ring (bicyclic) bond motifs is 2. The van der Waals surface area contributed by atoms with Gasteiger partial charge in [0, 0.05) is 18.5 Å². The number of nitrogens with one attached hydrogen (secondary N) is 1. The Morgan fingerprint density at radius 3 is 2.64 bits per heavy atom. The minimum absolute atomic E-state index is 0.0213. The van der Waals surface area contributed by atoms with Gasteiger partial charge in [-0.05, 0) is 47.0 Å². The van der Waals surface area contributed by atoms with Crippen LogP contribution in [-0.4, -0.2) is 59.4 Å². The fourth-order valence-corrected chi connectivity index (χ4v) is 3.86. The third-order valence-corrected chi connectivity index (χ3v) is 4.92. The number of rotatable bonds is 5. The molecule has 2 aliphatic rings. The third kappa shape index (κ3) is 3.28. The summed E-state index contributed by atoms with van der Waals surface area (Å²) in [7, 11) is 3.76. The summed E-state index contributed by atoms with van der Waals surface area (Å²) in [5.41, 5.74) is -3.18. The molecule has 1 saturated heterocycles. The highest BCUT2D eigenvalue weighted by molar-refractivity contribution is 6.08.